The molecule has 7 rings (SSSR count). The van der Waals surface area contributed by atoms with Crippen LogP contribution in [0, 0.1) is 0 Å². The molecule has 0 aliphatic carbocycles. The summed E-state index contributed by atoms with van der Waals surface area (Å²) in [4.78, 5) is 15.1. The van der Waals surface area contributed by atoms with Crippen LogP contribution in [0.3, 0.4) is 0 Å². The summed E-state index contributed by atoms with van der Waals surface area (Å²) in [6.07, 6.45) is 1.77. The lowest BCUT2D eigenvalue weighted by Gasteiger charge is -2.08. The van der Waals surface area contributed by atoms with Crippen LogP contribution in [-0.4, -0.2) is 24.6 Å². The molecule has 0 spiro atoms. The number of hydrogen-bond acceptors (Lipinski definition) is 5. The minimum Gasteiger partial charge on any atom is -0.237 e. The predicted octanol–water partition coefficient (Wildman–Crippen LogP) is 7.40. The fourth-order valence-corrected chi connectivity index (χ4v) is 5.28. The van der Waals surface area contributed by atoms with Crippen molar-refractivity contribution in [2.45, 2.75) is 0 Å². The molecule has 4 aromatic heterocycles. The molecule has 0 saturated carbocycles. The van der Waals surface area contributed by atoms with Crippen molar-refractivity contribution in [3.8, 4) is 45.0 Å². The Morgan fingerprint density at radius 2 is 1.33 bits per heavy atom. The van der Waals surface area contributed by atoms with E-state index in [1.54, 1.807) is 17.5 Å². The summed E-state index contributed by atoms with van der Waals surface area (Å²) in [5, 5.41) is 8.02. The molecule has 0 atom stereocenters. The molecule has 4 heterocycles. The van der Waals surface area contributed by atoms with E-state index in [2.05, 4.69) is 77.1 Å². The van der Waals surface area contributed by atoms with Crippen LogP contribution in [0.25, 0.3) is 61.0 Å². The zero-order chi connectivity index (χ0) is 23.9. The van der Waals surface area contributed by atoms with Gasteiger partial charge in [-0.3, -0.25) is 0 Å². The molecule has 0 aliphatic heterocycles. The summed E-state index contributed by atoms with van der Waals surface area (Å²) < 4.78 is 1.93. The molecule has 0 saturated heterocycles. The fraction of sp³-hybridized carbons (Fsp3) is 0. The van der Waals surface area contributed by atoms with Gasteiger partial charge in [0.1, 0.15) is 0 Å². The monoisotopic (exact) mass is 481 g/mol. The second-order valence-electron chi connectivity index (χ2n) is 8.49. The minimum atomic E-state index is 0.654. The highest BCUT2D eigenvalue weighted by Crippen LogP contribution is 2.34. The highest BCUT2D eigenvalue weighted by Gasteiger charge is 2.18. The van der Waals surface area contributed by atoms with E-state index in [1.807, 2.05) is 40.9 Å². The van der Waals surface area contributed by atoms with Crippen LogP contribution in [0.2, 0.25) is 0 Å². The molecular weight excluding hydrogens is 462 g/mol. The first-order chi connectivity index (χ1) is 17.8. The van der Waals surface area contributed by atoms with Crippen LogP contribution >= 0.6 is 11.3 Å². The van der Waals surface area contributed by atoms with Gasteiger partial charge >= 0.3 is 0 Å². The van der Waals surface area contributed by atoms with Crippen molar-refractivity contribution in [1.82, 2.24) is 24.6 Å². The van der Waals surface area contributed by atoms with E-state index in [-0.39, 0.29) is 0 Å². The van der Waals surface area contributed by atoms with Crippen LogP contribution < -0.4 is 0 Å². The molecule has 0 radical (unpaired) electrons. The average Bonchev–Trinajstić information content (AvgIpc) is 3.55. The van der Waals surface area contributed by atoms with Crippen molar-refractivity contribution >= 4 is 27.3 Å². The first-order valence-electron chi connectivity index (χ1n) is 11.7. The van der Waals surface area contributed by atoms with Gasteiger partial charge in [-0.1, -0.05) is 84.9 Å². The smallest absolute Gasteiger partial charge is 0.213 e. The second-order valence-corrected chi connectivity index (χ2v) is 9.33. The summed E-state index contributed by atoms with van der Waals surface area (Å²) in [6, 6.07) is 35.2. The van der Waals surface area contributed by atoms with E-state index in [0.717, 1.165) is 38.4 Å². The number of nitrogens with zero attached hydrogens (tertiary/aromatic N) is 5. The van der Waals surface area contributed by atoms with Crippen molar-refractivity contribution in [2.24, 2.45) is 0 Å². The van der Waals surface area contributed by atoms with Crippen molar-refractivity contribution in [1.29, 1.82) is 0 Å². The summed E-state index contributed by atoms with van der Waals surface area (Å²) in [5.41, 5.74) is 7.95. The van der Waals surface area contributed by atoms with E-state index >= 15 is 0 Å². The Morgan fingerprint density at radius 1 is 0.639 bits per heavy atom. The number of benzene rings is 3. The molecule has 0 fully saturated rings. The zero-order valence-corrected chi connectivity index (χ0v) is 19.9. The summed E-state index contributed by atoms with van der Waals surface area (Å²) >= 11 is 1.59. The number of rotatable bonds is 4. The Balaban J connectivity index is 1.34. The molecule has 0 N–H and O–H groups in total. The summed E-state index contributed by atoms with van der Waals surface area (Å²) in [5.74, 6) is 0.654. The van der Waals surface area contributed by atoms with E-state index in [4.69, 9.17) is 15.1 Å². The zero-order valence-electron chi connectivity index (χ0n) is 19.1. The summed E-state index contributed by atoms with van der Waals surface area (Å²) in [6.45, 7) is 0. The standard InChI is InChI=1S/C30H19N5S/c1-3-8-20(9-4-1)21-13-15-22(16-14-21)26-19-36-30-33-29(34-35(26)30)25-18-24-12-7-17-31-28(24)32-27(25)23-10-5-2-6-11-23/h1-19H. The topological polar surface area (TPSA) is 56.0 Å². The molecule has 0 aliphatic rings. The molecule has 36 heavy (non-hydrogen) atoms. The van der Waals surface area contributed by atoms with Gasteiger partial charge in [0.15, 0.2) is 11.5 Å². The van der Waals surface area contributed by atoms with Crippen LogP contribution in [0.4, 0.5) is 0 Å². The Labute approximate surface area is 211 Å². The van der Waals surface area contributed by atoms with E-state index in [9.17, 15) is 0 Å². The fourth-order valence-electron chi connectivity index (χ4n) is 4.45. The van der Waals surface area contributed by atoms with Gasteiger partial charge < -0.3 is 0 Å². The molecule has 3 aromatic carbocycles. The van der Waals surface area contributed by atoms with Gasteiger partial charge in [-0.15, -0.1) is 16.4 Å². The van der Waals surface area contributed by atoms with Crippen molar-refractivity contribution in [3.63, 3.8) is 0 Å². The molecule has 170 valence electrons. The molecule has 0 unspecified atom stereocenters. The number of aromatic nitrogens is 5. The normalized spacial score (nSPS) is 11.3. The Kier molecular flexibility index (Phi) is 4.89. The second kappa shape index (κ2) is 8.52. The van der Waals surface area contributed by atoms with Gasteiger partial charge in [0, 0.05) is 33.7 Å². The van der Waals surface area contributed by atoms with E-state index < -0.39 is 0 Å². The van der Waals surface area contributed by atoms with Gasteiger partial charge in [-0.05, 0) is 29.3 Å². The van der Waals surface area contributed by atoms with Gasteiger partial charge in [-0.2, -0.15) is 4.98 Å². The van der Waals surface area contributed by atoms with Crippen LogP contribution in [-0.2, 0) is 0 Å². The lowest BCUT2D eigenvalue weighted by Crippen LogP contribution is -1.95. The third kappa shape index (κ3) is 3.56. The first-order valence-corrected chi connectivity index (χ1v) is 12.5. The molecule has 0 bridgehead atoms. The lowest BCUT2D eigenvalue weighted by molar-refractivity contribution is 0.989. The lowest BCUT2D eigenvalue weighted by atomic mass is 10.0. The number of hydrogen-bond donors (Lipinski definition) is 0. The molecular formula is C30H19N5S. The summed E-state index contributed by atoms with van der Waals surface area (Å²) in [7, 11) is 0. The first kappa shape index (κ1) is 20.7. The third-order valence-corrected chi connectivity index (χ3v) is 7.06. The van der Waals surface area contributed by atoms with Gasteiger partial charge in [0.25, 0.3) is 0 Å². The van der Waals surface area contributed by atoms with Crippen molar-refractivity contribution in [3.05, 3.63) is 115 Å². The van der Waals surface area contributed by atoms with E-state index in [0.29, 0.717) is 11.5 Å². The average molecular weight is 482 g/mol. The Morgan fingerprint density at radius 3 is 2.11 bits per heavy atom. The third-order valence-electron chi connectivity index (χ3n) is 6.25. The van der Waals surface area contributed by atoms with Gasteiger partial charge in [0.05, 0.1) is 11.4 Å². The molecule has 0 amide bonds. The maximum atomic E-state index is 4.95. The van der Waals surface area contributed by atoms with Crippen molar-refractivity contribution in [2.75, 3.05) is 0 Å². The molecule has 5 nitrogen and oxygen atoms in total. The highest BCUT2D eigenvalue weighted by atomic mass is 32.1. The maximum absolute atomic E-state index is 4.95. The Hall–Kier alpha value is -4.68. The number of fused-ring (bicyclic) bond motifs is 2. The number of pyridine rings is 2. The highest BCUT2D eigenvalue weighted by molar-refractivity contribution is 7.15. The molecule has 7 aromatic rings. The SMILES string of the molecule is c1ccc(-c2ccc(-c3csc4nc(-c5cc6cccnc6nc5-c5ccccc5)nn34)cc2)cc1. The van der Waals surface area contributed by atoms with Crippen LogP contribution in [0.1, 0.15) is 0 Å². The van der Waals surface area contributed by atoms with Gasteiger partial charge in [0.2, 0.25) is 4.96 Å². The maximum Gasteiger partial charge on any atom is 0.213 e. The quantitative estimate of drug-likeness (QED) is 0.263. The largest absolute Gasteiger partial charge is 0.237 e. The predicted molar refractivity (Wildman–Crippen MR) is 146 cm³/mol. The van der Waals surface area contributed by atoms with Gasteiger partial charge in [-0.25, -0.2) is 14.5 Å². The van der Waals surface area contributed by atoms with E-state index in [1.165, 1.54) is 11.1 Å². The van der Waals surface area contributed by atoms with Crippen LogP contribution in [0.5, 0.6) is 0 Å². The van der Waals surface area contributed by atoms with Crippen LogP contribution in [0.15, 0.2) is 115 Å². The molecule has 6 heteroatoms. The number of thiazole rings is 1. The Bertz CT molecular complexity index is 1820. The minimum absolute atomic E-state index is 0.654. The van der Waals surface area contributed by atoms with Crippen molar-refractivity contribution < 1.29 is 0 Å².